The summed E-state index contributed by atoms with van der Waals surface area (Å²) in [5, 5.41) is 3.34. The van der Waals surface area contributed by atoms with Crippen LogP contribution < -0.4 is 5.32 Å². The van der Waals surface area contributed by atoms with Crippen LogP contribution in [0.2, 0.25) is 5.02 Å². The quantitative estimate of drug-likeness (QED) is 0.605. The Morgan fingerprint density at radius 1 is 0.968 bits per heavy atom. The van der Waals surface area contributed by atoms with Crippen LogP contribution in [0.3, 0.4) is 0 Å². The fourth-order valence-electron chi connectivity index (χ4n) is 4.09. The molecule has 1 aliphatic heterocycles. The van der Waals surface area contributed by atoms with E-state index in [1.54, 1.807) is 36.4 Å². The van der Waals surface area contributed by atoms with Gasteiger partial charge >= 0.3 is 0 Å². The summed E-state index contributed by atoms with van der Waals surface area (Å²) in [6.07, 6.45) is 4.91. The van der Waals surface area contributed by atoms with Gasteiger partial charge in [-0.3, -0.25) is 19.3 Å². The van der Waals surface area contributed by atoms with Crippen molar-refractivity contribution < 1.29 is 14.4 Å². The number of anilines is 1. The largest absolute Gasteiger partial charge is 0.326 e. The van der Waals surface area contributed by atoms with Crippen molar-refractivity contribution in [2.75, 3.05) is 5.32 Å². The molecule has 160 valence electrons. The number of halogens is 1. The van der Waals surface area contributed by atoms with Gasteiger partial charge in [-0.15, -0.1) is 0 Å². The number of amides is 3. The van der Waals surface area contributed by atoms with Crippen molar-refractivity contribution >= 4 is 52.3 Å². The second kappa shape index (κ2) is 9.28. The Hall–Kier alpha value is -2.57. The molecule has 0 radical (unpaired) electrons. The molecule has 0 saturated heterocycles. The number of benzene rings is 2. The number of nitrogens with one attached hydrogen (secondary N) is 1. The van der Waals surface area contributed by atoms with Crippen LogP contribution >= 0.6 is 23.4 Å². The van der Waals surface area contributed by atoms with Crippen LogP contribution in [0.4, 0.5) is 5.69 Å². The van der Waals surface area contributed by atoms with Crippen LogP contribution in [0, 0.1) is 0 Å². The average Bonchev–Trinajstić information content (AvgIpc) is 3.00. The lowest BCUT2D eigenvalue weighted by Crippen LogP contribution is -2.42. The standard InChI is InChI=1S/C24H23ClN2O3S/c1-15(28)26-18-11-7-16(8-12-18)21-22(31-20-13-9-17(25)10-14-20)24(30)27(23(21)29)19-5-3-2-4-6-19/h7-14,19H,2-6H2,1H3,(H,26,28). The van der Waals surface area contributed by atoms with E-state index in [0.717, 1.165) is 37.0 Å². The molecular weight excluding hydrogens is 432 g/mol. The summed E-state index contributed by atoms with van der Waals surface area (Å²) in [4.78, 5) is 41.0. The summed E-state index contributed by atoms with van der Waals surface area (Å²) in [6, 6.07) is 14.2. The minimum Gasteiger partial charge on any atom is -0.326 e. The van der Waals surface area contributed by atoms with Gasteiger partial charge in [0.15, 0.2) is 0 Å². The van der Waals surface area contributed by atoms with Crippen LogP contribution in [0.25, 0.3) is 5.57 Å². The number of thioether (sulfide) groups is 1. The van der Waals surface area contributed by atoms with Crippen molar-refractivity contribution in [1.82, 2.24) is 4.90 Å². The van der Waals surface area contributed by atoms with E-state index in [0.29, 0.717) is 26.8 Å². The van der Waals surface area contributed by atoms with E-state index in [9.17, 15) is 14.4 Å². The highest BCUT2D eigenvalue weighted by molar-refractivity contribution is 8.04. The van der Waals surface area contributed by atoms with Gasteiger partial charge in [-0.25, -0.2) is 0 Å². The fraction of sp³-hybridized carbons (Fsp3) is 0.292. The molecule has 2 aliphatic rings. The number of nitrogens with zero attached hydrogens (tertiary/aromatic N) is 1. The maximum atomic E-state index is 13.5. The predicted molar refractivity (Wildman–Crippen MR) is 124 cm³/mol. The molecule has 4 rings (SSSR count). The molecule has 0 atom stereocenters. The Labute approximate surface area is 190 Å². The predicted octanol–water partition coefficient (Wildman–Crippen LogP) is 5.50. The lowest BCUT2D eigenvalue weighted by molar-refractivity contribution is -0.140. The van der Waals surface area contributed by atoms with Crippen molar-refractivity contribution in [2.45, 2.75) is 50.0 Å². The number of imide groups is 1. The molecule has 0 bridgehead atoms. The fourth-order valence-corrected chi connectivity index (χ4v) is 5.22. The van der Waals surface area contributed by atoms with Crippen LogP contribution in [0.5, 0.6) is 0 Å². The molecule has 0 aromatic heterocycles. The van der Waals surface area contributed by atoms with E-state index in [2.05, 4.69) is 5.32 Å². The first kappa shape index (κ1) is 21.7. The van der Waals surface area contributed by atoms with E-state index in [4.69, 9.17) is 11.6 Å². The van der Waals surface area contributed by atoms with Crippen molar-refractivity contribution in [3.05, 3.63) is 64.0 Å². The zero-order valence-corrected chi connectivity index (χ0v) is 18.8. The summed E-state index contributed by atoms with van der Waals surface area (Å²) < 4.78 is 0. The lowest BCUT2D eigenvalue weighted by atomic mass is 9.94. The number of carbonyl (C=O) groups is 3. The highest BCUT2D eigenvalue weighted by Gasteiger charge is 2.43. The molecule has 0 unspecified atom stereocenters. The first-order valence-electron chi connectivity index (χ1n) is 10.4. The second-order valence-corrected chi connectivity index (χ2v) is 9.31. The summed E-state index contributed by atoms with van der Waals surface area (Å²) in [5.41, 5.74) is 1.73. The van der Waals surface area contributed by atoms with E-state index in [1.165, 1.54) is 23.6 Å². The molecule has 0 spiro atoms. The van der Waals surface area contributed by atoms with E-state index in [1.807, 2.05) is 12.1 Å². The van der Waals surface area contributed by atoms with Crippen LogP contribution in [-0.4, -0.2) is 28.7 Å². The number of hydrogen-bond donors (Lipinski definition) is 1. The molecule has 1 N–H and O–H groups in total. The molecule has 1 aliphatic carbocycles. The van der Waals surface area contributed by atoms with Gasteiger partial charge < -0.3 is 5.32 Å². The van der Waals surface area contributed by atoms with E-state index >= 15 is 0 Å². The van der Waals surface area contributed by atoms with Gasteiger partial charge in [0.2, 0.25) is 5.91 Å². The first-order valence-corrected chi connectivity index (χ1v) is 11.6. The Bertz CT molecular complexity index is 1040. The molecular formula is C24H23ClN2O3S. The molecule has 7 heteroatoms. The lowest BCUT2D eigenvalue weighted by Gasteiger charge is -2.29. The summed E-state index contributed by atoms with van der Waals surface area (Å²) in [6.45, 7) is 1.44. The number of carbonyl (C=O) groups excluding carboxylic acids is 3. The van der Waals surface area contributed by atoms with Gasteiger partial charge in [-0.1, -0.05) is 54.8 Å². The molecule has 5 nitrogen and oxygen atoms in total. The molecule has 2 aromatic carbocycles. The van der Waals surface area contributed by atoms with Crippen molar-refractivity contribution in [2.24, 2.45) is 0 Å². The average molecular weight is 455 g/mol. The topological polar surface area (TPSA) is 66.5 Å². The highest BCUT2D eigenvalue weighted by Crippen LogP contribution is 2.42. The third-order valence-electron chi connectivity index (χ3n) is 5.54. The van der Waals surface area contributed by atoms with Crippen molar-refractivity contribution in [3.63, 3.8) is 0 Å². The zero-order valence-electron chi connectivity index (χ0n) is 17.2. The molecule has 3 amide bonds. The SMILES string of the molecule is CC(=O)Nc1ccc(C2=C(Sc3ccc(Cl)cc3)C(=O)N(C3CCCCC3)C2=O)cc1. The monoisotopic (exact) mass is 454 g/mol. The minimum atomic E-state index is -0.236. The Balaban J connectivity index is 1.71. The third-order valence-corrected chi connectivity index (χ3v) is 6.88. The van der Waals surface area contributed by atoms with E-state index < -0.39 is 0 Å². The highest BCUT2D eigenvalue weighted by atomic mass is 35.5. The van der Waals surface area contributed by atoms with Gasteiger partial charge in [0.1, 0.15) is 0 Å². The normalized spacial score (nSPS) is 17.4. The molecule has 31 heavy (non-hydrogen) atoms. The Morgan fingerprint density at radius 2 is 1.61 bits per heavy atom. The van der Waals surface area contributed by atoms with Crippen molar-refractivity contribution in [1.29, 1.82) is 0 Å². The Morgan fingerprint density at radius 3 is 2.23 bits per heavy atom. The molecule has 2 aromatic rings. The third kappa shape index (κ3) is 4.70. The maximum Gasteiger partial charge on any atom is 0.268 e. The number of hydrogen-bond acceptors (Lipinski definition) is 4. The summed E-state index contributed by atoms with van der Waals surface area (Å²) in [7, 11) is 0. The van der Waals surface area contributed by atoms with Gasteiger partial charge in [0, 0.05) is 28.6 Å². The second-order valence-electron chi connectivity index (χ2n) is 7.79. The van der Waals surface area contributed by atoms with Crippen molar-refractivity contribution in [3.8, 4) is 0 Å². The smallest absolute Gasteiger partial charge is 0.268 e. The van der Waals surface area contributed by atoms with Gasteiger partial charge in [-0.2, -0.15) is 0 Å². The van der Waals surface area contributed by atoms with Gasteiger partial charge in [0.25, 0.3) is 11.8 Å². The minimum absolute atomic E-state index is 0.0503. The molecule has 1 fully saturated rings. The molecule has 1 saturated carbocycles. The van der Waals surface area contributed by atoms with Gasteiger partial charge in [-0.05, 0) is 54.8 Å². The summed E-state index contributed by atoms with van der Waals surface area (Å²) in [5.74, 6) is -0.625. The van der Waals surface area contributed by atoms with Crippen LogP contribution in [0.15, 0.2) is 58.3 Å². The number of rotatable bonds is 5. The zero-order chi connectivity index (χ0) is 22.0. The van der Waals surface area contributed by atoms with Crippen LogP contribution in [0.1, 0.15) is 44.6 Å². The summed E-state index contributed by atoms with van der Waals surface area (Å²) >= 11 is 7.30. The van der Waals surface area contributed by atoms with Crippen LogP contribution in [-0.2, 0) is 14.4 Å². The first-order chi connectivity index (χ1) is 14.9. The van der Waals surface area contributed by atoms with E-state index in [-0.39, 0.29) is 23.8 Å². The van der Waals surface area contributed by atoms with Gasteiger partial charge in [0.05, 0.1) is 10.5 Å². The molecule has 1 heterocycles. The maximum absolute atomic E-state index is 13.5. The Kier molecular flexibility index (Phi) is 6.49.